The number of halogens is 1. The Hall–Kier alpha value is -2.08. The molecule has 0 atom stereocenters. The van der Waals surface area contributed by atoms with Gasteiger partial charge in [0.05, 0.1) is 11.0 Å². The van der Waals surface area contributed by atoms with Crippen molar-refractivity contribution in [2.45, 2.75) is 19.9 Å². The average Bonchev–Trinajstić information content (AvgIpc) is 2.52. The van der Waals surface area contributed by atoms with Crippen LogP contribution in [0.25, 0.3) is 10.8 Å². The van der Waals surface area contributed by atoms with Crippen LogP contribution in [-0.4, -0.2) is 31.0 Å². The van der Waals surface area contributed by atoms with Crippen molar-refractivity contribution in [2.75, 3.05) is 13.2 Å². The minimum atomic E-state index is -0.344. The summed E-state index contributed by atoms with van der Waals surface area (Å²) in [5.41, 5.74) is 0. The van der Waals surface area contributed by atoms with Crippen LogP contribution in [0.3, 0.4) is 0 Å². The van der Waals surface area contributed by atoms with Crippen molar-refractivity contribution in [3.8, 4) is 5.75 Å². The summed E-state index contributed by atoms with van der Waals surface area (Å²) in [5, 5.41) is 7.32. The quantitative estimate of drug-likeness (QED) is 0.811. The van der Waals surface area contributed by atoms with Crippen LogP contribution in [0.15, 0.2) is 40.9 Å². The molecule has 0 saturated heterocycles. The molecule has 6 heteroatoms. The van der Waals surface area contributed by atoms with Crippen LogP contribution < -0.4 is 15.4 Å². The fourth-order valence-electron chi connectivity index (χ4n) is 2.07. The maximum absolute atomic E-state index is 11.8. The molecule has 0 aliphatic carbocycles. The molecular formula is C17H19BrN2O3. The largest absolute Gasteiger partial charge is 0.483 e. The molecule has 0 aromatic heterocycles. The summed E-state index contributed by atoms with van der Waals surface area (Å²) < 4.78 is 6.34. The summed E-state index contributed by atoms with van der Waals surface area (Å²) in [7, 11) is 0. The van der Waals surface area contributed by atoms with E-state index in [1.165, 1.54) is 0 Å². The van der Waals surface area contributed by atoms with Crippen molar-refractivity contribution in [1.82, 2.24) is 10.6 Å². The first kappa shape index (κ1) is 17.3. The number of hydrogen-bond donors (Lipinski definition) is 2. The fraction of sp³-hybridized carbons (Fsp3) is 0.294. The van der Waals surface area contributed by atoms with E-state index in [0.717, 1.165) is 15.2 Å². The van der Waals surface area contributed by atoms with Gasteiger partial charge in [0.1, 0.15) is 5.75 Å². The van der Waals surface area contributed by atoms with Gasteiger partial charge in [-0.25, -0.2) is 0 Å². The number of hydrogen-bond acceptors (Lipinski definition) is 3. The van der Waals surface area contributed by atoms with Gasteiger partial charge in [-0.3, -0.25) is 9.59 Å². The number of ether oxygens (including phenoxy) is 1. The molecule has 0 aliphatic heterocycles. The van der Waals surface area contributed by atoms with Crippen LogP contribution in [0.2, 0.25) is 0 Å². The zero-order valence-corrected chi connectivity index (χ0v) is 14.6. The highest BCUT2D eigenvalue weighted by molar-refractivity contribution is 9.10. The molecule has 2 aromatic carbocycles. The maximum Gasteiger partial charge on any atom is 0.258 e. The summed E-state index contributed by atoms with van der Waals surface area (Å²) >= 11 is 3.50. The number of fused-ring (bicyclic) bond motifs is 1. The first-order valence-electron chi connectivity index (χ1n) is 7.33. The van der Waals surface area contributed by atoms with Crippen LogP contribution >= 0.6 is 15.9 Å². The molecule has 0 fully saturated rings. The van der Waals surface area contributed by atoms with E-state index in [9.17, 15) is 9.59 Å². The smallest absolute Gasteiger partial charge is 0.258 e. The van der Waals surface area contributed by atoms with E-state index in [4.69, 9.17) is 4.74 Å². The Morgan fingerprint density at radius 1 is 1.13 bits per heavy atom. The third kappa shape index (κ3) is 4.96. The Kier molecular flexibility index (Phi) is 5.98. The number of nitrogens with one attached hydrogen (secondary N) is 2. The summed E-state index contributed by atoms with van der Waals surface area (Å²) in [6.07, 6.45) is 0. The predicted molar refractivity (Wildman–Crippen MR) is 93.4 cm³/mol. The lowest BCUT2D eigenvalue weighted by Crippen LogP contribution is -2.41. The van der Waals surface area contributed by atoms with Gasteiger partial charge in [0.2, 0.25) is 5.91 Å². The Morgan fingerprint density at radius 2 is 1.87 bits per heavy atom. The first-order valence-corrected chi connectivity index (χ1v) is 8.13. The highest BCUT2D eigenvalue weighted by Gasteiger charge is 2.10. The predicted octanol–water partition coefficient (Wildman–Crippen LogP) is 2.62. The maximum atomic E-state index is 11.8. The second-order valence-electron chi connectivity index (χ2n) is 5.39. The van der Waals surface area contributed by atoms with Crippen LogP contribution in [0.5, 0.6) is 5.75 Å². The zero-order valence-electron chi connectivity index (χ0n) is 13.1. The van der Waals surface area contributed by atoms with Crippen LogP contribution in [0.4, 0.5) is 0 Å². The van der Waals surface area contributed by atoms with E-state index >= 15 is 0 Å². The average molecular weight is 379 g/mol. The molecule has 2 aromatic rings. The second-order valence-corrected chi connectivity index (χ2v) is 6.18. The van der Waals surface area contributed by atoms with Gasteiger partial charge in [-0.1, -0.05) is 30.3 Å². The molecule has 122 valence electrons. The Morgan fingerprint density at radius 3 is 2.61 bits per heavy atom. The van der Waals surface area contributed by atoms with E-state index in [1.807, 2.05) is 50.2 Å². The topological polar surface area (TPSA) is 67.4 Å². The number of carbonyl (C=O) groups is 2. The van der Waals surface area contributed by atoms with E-state index in [-0.39, 0.29) is 31.0 Å². The molecule has 2 rings (SSSR count). The highest BCUT2D eigenvalue weighted by Crippen LogP contribution is 2.32. The zero-order chi connectivity index (χ0) is 16.8. The number of rotatable bonds is 6. The minimum absolute atomic E-state index is 0.0456. The Labute approximate surface area is 143 Å². The number of carbonyl (C=O) groups excluding carboxylic acids is 2. The molecule has 0 spiro atoms. The van der Waals surface area contributed by atoms with Crippen molar-refractivity contribution in [1.29, 1.82) is 0 Å². The van der Waals surface area contributed by atoms with Crippen LogP contribution in [0.1, 0.15) is 13.8 Å². The van der Waals surface area contributed by atoms with Gasteiger partial charge >= 0.3 is 0 Å². The van der Waals surface area contributed by atoms with Crippen LogP contribution in [0, 0.1) is 0 Å². The standard InChI is InChI=1S/C17H19BrN2O3/c1-11(2)20-15(21)9-19-16(22)10-23-14-8-7-12-5-3-4-6-13(12)17(14)18/h3-8,11H,9-10H2,1-2H3,(H,19,22)(H,20,21). The summed E-state index contributed by atoms with van der Waals surface area (Å²) in [5.74, 6) is 0.0229. The van der Waals surface area contributed by atoms with Crippen molar-refractivity contribution in [2.24, 2.45) is 0 Å². The monoisotopic (exact) mass is 378 g/mol. The molecule has 2 amide bonds. The fourth-order valence-corrected chi connectivity index (χ4v) is 2.68. The molecule has 0 radical (unpaired) electrons. The SMILES string of the molecule is CC(C)NC(=O)CNC(=O)COc1ccc2ccccc2c1Br. The lowest BCUT2D eigenvalue weighted by molar-refractivity contribution is -0.127. The molecule has 0 heterocycles. The second kappa shape index (κ2) is 7.97. The van der Waals surface area contributed by atoms with Crippen molar-refractivity contribution in [3.05, 3.63) is 40.9 Å². The number of amides is 2. The third-order valence-corrected chi connectivity index (χ3v) is 3.90. The highest BCUT2D eigenvalue weighted by atomic mass is 79.9. The summed E-state index contributed by atoms with van der Waals surface area (Å²) in [4.78, 5) is 23.2. The molecule has 0 bridgehead atoms. The lowest BCUT2D eigenvalue weighted by Gasteiger charge is -2.11. The molecule has 0 aliphatic rings. The third-order valence-electron chi connectivity index (χ3n) is 3.08. The van der Waals surface area contributed by atoms with E-state index in [1.54, 1.807) is 0 Å². The lowest BCUT2D eigenvalue weighted by atomic mass is 10.1. The van der Waals surface area contributed by atoms with Gasteiger partial charge < -0.3 is 15.4 Å². The van der Waals surface area contributed by atoms with Gasteiger partial charge in [0.15, 0.2) is 6.61 Å². The molecule has 5 nitrogen and oxygen atoms in total. The molecule has 0 saturated carbocycles. The molecule has 23 heavy (non-hydrogen) atoms. The Bertz CT molecular complexity index is 716. The van der Waals surface area contributed by atoms with Gasteiger partial charge in [-0.2, -0.15) is 0 Å². The van der Waals surface area contributed by atoms with E-state index in [0.29, 0.717) is 5.75 Å². The molecule has 0 unspecified atom stereocenters. The molecular weight excluding hydrogens is 360 g/mol. The number of benzene rings is 2. The van der Waals surface area contributed by atoms with Gasteiger partial charge in [-0.15, -0.1) is 0 Å². The van der Waals surface area contributed by atoms with E-state index < -0.39 is 0 Å². The Balaban J connectivity index is 1.89. The normalized spacial score (nSPS) is 10.6. The van der Waals surface area contributed by atoms with Gasteiger partial charge in [0, 0.05) is 6.04 Å². The first-order chi connectivity index (χ1) is 11.0. The minimum Gasteiger partial charge on any atom is -0.483 e. The van der Waals surface area contributed by atoms with Crippen molar-refractivity contribution in [3.63, 3.8) is 0 Å². The van der Waals surface area contributed by atoms with Crippen LogP contribution in [-0.2, 0) is 9.59 Å². The summed E-state index contributed by atoms with van der Waals surface area (Å²) in [6, 6.07) is 11.7. The van der Waals surface area contributed by atoms with E-state index in [2.05, 4.69) is 26.6 Å². The molecule has 2 N–H and O–H groups in total. The van der Waals surface area contributed by atoms with Gasteiger partial charge in [0.25, 0.3) is 5.91 Å². The summed E-state index contributed by atoms with van der Waals surface area (Å²) in [6.45, 7) is 3.52. The van der Waals surface area contributed by atoms with Crippen molar-refractivity contribution >= 4 is 38.5 Å². The van der Waals surface area contributed by atoms with Gasteiger partial charge in [-0.05, 0) is 46.6 Å². The van der Waals surface area contributed by atoms with Crippen molar-refractivity contribution < 1.29 is 14.3 Å².